The number of anilines is 1. The molecular weight excluding hydrogens is 404 g/mol. The third-order valence-electron chi connectivity index (χ3n) is 4.95. The van der Waals surface area contributed by atoms with Gasteiger partial charge in [0.2, 0.25) is 5.91 Å². The van der Waals surface area contributed by atoms with E-state index >= 15 is 0 Å². The average Bonchev–Trinajstić information content (AvgIpc) is 2.79. The summed E-state index contributed by atoms with van der Waals surface area (Å²) in [6.07, 6.45) is 2.16. The van der Waals surface area contributed by atoms with Crippen LogP contribution in [0.2, 0.25) is 0 Å². The molecule has 0 saturated carbocycles. The molecule has 0 unspecified atom stereocenters. The van der Waals surface area contributed by atoms with Crippen molar-refractivity contribution in [2.75, 3.05) is 26.6 Å². The van der Waals surface area contributed by atoms with E-state index in [2.05, 4.69) is 10.3 Å². The number of benzene rings is 1. The van der Waals surface area contributed by atoms with Crippen LogP contribution >= 0.6 is 0 Å². The first-order valence-corrected chi connectivity index (χ1v) is 9.53. The summed E-state index contributed by atoms with van der Waals surface area (Å²) in [5.74, 6) is 0.685. The van der Waals surface area contributed by atoms with Crippen molar-refractivity contribution in [1.29, 1.82) is 0 Å². The molecule has 3 rings (SSSR count). The molecule has 0 aliphatic carbocycles. The molecular formula is C21H24N4O6. The van der Waals surface area contributed by atoms with Crippen LogP contribution in [0.5, 0.6) is 17.2 Å². The number of fused-ring (bicyclic) bond motifs is 1. The minimum absolute atomic E-state index is 0.149. The molecule has 3 aromatic rings. The van der Waals surface area contributed by atoms with Crippen LogP contribution in [0.3, 0.4) is 0 Å². The lowest BCUT2D eigenvalue weighted by Gasteiger charge is -2.15. The predicted octanol–water partition coefficient (Wildman–Crippen LogP) is 1.32. The molecule has 0 fully saturated rings. The van der Waals surface area contributed by atoms with Gasteiger partial charge in [0.25, 0.3) is 5.56 Å². The van der Waals surface area contributed by atoms with Gasteiger partial charge in [-0.25, -0.2) is 14.3 Å². The van der Waals surface area contributed by atoms with E-state index < -0.39 is 23.7 Å². The first-order chi connectivity index (χ1) is 14.9. The maximum atomic E-state index is 13.2. The highest BCUT2D eigenvalue weighted by Crippen LogP contribution is 2.29. The highest BCUT2D eigenvalue weighted by Gasteiger charge is 2.20. The van der Waals surface area contributed by atoms with Crippen molar-refractivity contribution in [2.24, 2.45) is 7.05 Å². The Labute approximate surface area is 178 Å². The number of aryl methyl sites for hydroxylation is 2. The van der Waals surface area contributed by atoms with E-state index in [1.54, 1.807) is 24.4 Å². The molecule has 1 aromatic carbocycles. The van der Waals surface area contributed by atoms with Gasteiger partial charge < -0.3 is 19.5 Å². The van der Waals surface area contributed by atoms with Crippen LogP contribution in [0.15, 0.2) is 34.0 Å². The van der Waals surface area contributed by atoms with Gasteiger partial charge in [0.15, 0.2) is 5.65 Å². The van der Waals surface area contributed by atoms with Crippen LogP contribution in [-0.4, -0.2) is 41.4 Å². The van der Waals surface area contributed by atoms with Gasteiger partial charge in [-0.05, 0) is 18.6 Å². The van der Waals surface area contributed by atoms with Crippen LogP contribution in [0, 0.1) is 0 Å². The molecule has 0 saturated heterocycles. The molecule has 1 amide bonds. The number of hydrogen-bond acceptors (Lipinski definition) is 7. The van der Waals surface area contributed by atoms with Crippen molar-refractivity contribution < 1.29 is 19.0 Å². The number of carbonyl (C=O) groups excluding carboxylic acids is 1. The van der Waals surface area contributed by atoms with E-state index in [0.29, 0.717) is 29.4 Å². The van der Waals surface area contributed by atoms with Gasteiger partial charge in [-0.1, -0.05) is 6.92 Å². The summed E-state index contributed by atoms with van der Waals surface area (Å²) < 4.78 is 17.9. The minimum Gasteiger partial charge on any atom is -0.497 e. The lowest BCUT2D eigenvalue weighted by Crippen LogP contribution is -2.42. The van der Waals surface area contributed by atoms with Crippen LogP contribution < -0.4 is 30.8 Å². The number of aromatic nitrogens is 3. The summed E-state index contributed by atoms with van der Waals surface area (Å²) in [6, 6.07) is 4.90. The van der Waals surface area contributed by atoms with E-state index in [1.807, 2.05) is 6.92 Å². The molecule has 10 nitrogen and oxygen atoms in total. The Bertz CT molecular complexity index is 1260. The number of carbonyl (C=O) groups is 1. The molecule has 2 aromatic heterocycles. The van der Waals surface area contributed by atoms with Crippen molar-refractivity contribution in [3.63, 3.8) is 0 Å². The maximum Gasteiger partial charge on any atom is 0.332 e. The number of ether oxygens (including phenoxy) is 3. The second kappa shape index (κ2) is 8.90. The first-order valence-electron chi connectivity index (χ1n) is 9.53. The van der Waals surface area contributed by atoms with Crippen molar-refractivity contribution in [1.82, 2.24) is 14.1 Å². The Morgan fingerprint density at radius 2 is 1.87 bits per heavy atom. The Morgan fingerprint density at radius 3 is 2.48 bits per heavy atom. The molecule has 0 bridgehead atoms. The molecule has 0 atom stereocenters. The molecule has 31 heavy (non-hydrogen) atoms. The minimum atomic E-state index is -0.663. The zero-order valence-corrected chi connectivity index (χ0v) is 18.0. The Hall–Kier alpha value is -3.82. The molecule has 164 valence electrons. The normalized spacial score (nSPS) is 10.7. The summed E-state index contributed by atoms with van der Waals surface area (Å²) in [5, 5.41) is 2.81. The lowest BCUT2D eigenvalue weighted by atomic mass is 10.1. The topological polar surface area (TPSA) is 114 Å². The van der Waals surface area contributed by atoms with E-state index in [9.17, 15) is 14.4 Å². The van der Waals surface area contributed by atoms with E-state index in [0.717, 1.165) is 10.1 Å². The summed E-state index contributed by atoms with van der Waals surface area (Å²) in [5.41, 5.74) is -0.0439. The molecule has 0 spiro atoms. The number of pyridine rings is 1. The third-order valence-corrected chi connectivity index (χ3v) is 4.95. The van der Waals surface area contributed by atoms with Crippen LogP contribution in [-0.2, 0) is 24.8 Å². The Kier molecular flexibility index (Phi) is 6.28. The maximum absolute atomic E-state index is 13.2. The second-order valence-corrected chi connectivity index (χ2v) is 6.72. The molecule has 0 radical (unpaired) electrons. The molecule has 10 heteroatoms. The SMILES string of the molecule is CCc1cnc2c(c1OC)c(=O)n(CC(=O)Nc1cc(OC)ccc1OC)c(=O)n2C. The largest absolute Gasteiger partial charge is 0.497 e. The first kappa shape index (κ1) is 21.9. The number of nitrogens with one attached hydrogen (secondary N) is 1. The smallest absolute Gasteiger partial charge is 0.332 e. The van der Waals surface area contributed by atoms with Crippen molar-refractivity contribution in [3.8, 4) is 17.2 Å². The van der Waals surface area contributed by atoms with Crippen molar-refractivity contribution >= 4 is 22.6 Å². The zero-order valence-electron chi connectivity index (χ0n) is 18.0. The van der Waals surface area contributed by atoms with E-state index in [-0.39, 0.29) is 11.0 Å². The lowest BCUT2D eigenvalue weighted by molar-refractivity contribution is -0.116. The highest BCUT2D eigenvalue weighted by molar-refractivity contribution is 5.92. The molecule has 0 aliphatic heterocycles. The number of rotatable bonds is 7. The fraction of sp³-hybridized carbons (Fsp3) is 0.333. The Balaban J connectivity index is 2.07. The van der Waals surface area contributed by atoms with Gasteiger partial charge >= 0.3 is 5.69 Å². The molecule has 2 heterocycles. The van der Waals surface area contributed by atoms with Gasteiger partial charge in [0, 0.05) is 24.9 Å². The van der Waals surface area contributed by atoms with Gasteiger partial charge in [-0.3, -0.25) is 14.2 Å². The van der Waals surface area contributed by atoms with Crippen LogP contribution in [0.25, 0.3) is 11.0 Å². The van der Waals surface area contributed by atoms with E-state index in [4.69, 9.17) is 14.2 Å². The van der Waals surface area contributed by atoms with Crippen molar-refractivity contribution in [3.05, 3.63) is 50.8 Å². The predicted molar refractivity (Wildman–Crippen MR) is 115 cm³/mol. The van der Waals surface area contributed by atoms with Crippen LogP contribution in [0.4, 0.5) is 5.69 Å². The zero-order chi connectivity index (χ0) is 22.7. The standard InChI is InChI=1S/C21H24N4O6/c1-6-12-10-22-19-17(18(12)31-5)20(27)25(21(28)24(19)2)11-16(26)23-14-9-13(29-3)7-8-15(14)30-4/h7-10H,6,11H2,1-5H3,(H,23,26). The third kappa shape index (κ3) is 3.96. The summed E-state index contributed by atoms with van der Waals surface area (Å²) in [6.45, 7) is 1.40. The fourth-order valence-corrected chi connectivity index (χ4v) is 3.33. The monoisotopic (exact) mass is 428 g/mol. The van der Waals surface area contributed by atoms with Crippen LogP contribution in [0.1, 0.15) is 12.5 Å². The highest BCUT2D eigenvalue weighted by atomic mass is 16.5. The number of hydrogen-bond donors (Lipinski definition) is 1. The number of amides is 1. The molecule has 1 N–H and O–H groups in total. The quantitative estimate of drug-likeness (QED) is 0.604. The summed E-state index contributed by atoms with van der Waals surface area (Å²) in [7, 11) is 5.90. The second-order valence-electron chi connectivity index (χ2n) is 6.72. The fourth-order valence-electron chi connectivity index (χ4n) is 3.33. The average molecular weight is 428 g/mol. The Morgan fingerprint density at radius 1 is 1.13 bits per heavy atom. The molecule has 0 aliphatic rings. The van der Waals surface area contributed by atoms with Gasteiger partial charge in [-0.2, -0.15) is 0 Å². The van der Waals surface area contributed by atoms with Crippen molar-refractivity contribution in [2.45, 2.75) is 19.9 Å². The number of methoxy groups -OCH3 is 3. The number of nitrogens with zero attached hydrogens (tertiary/aromatic N) is 3. The van der Waals surface area contributed by atoms with Gasteiger partial charge in [-0.15, -0.1) is 0 Å². The van der Waals surface area contributed by atoms with Gasteiger partial charge in [0.05, 0.1) is 27.0 Å². The summed E-state index contributed by atoms with van der Waals surface area (Å²) in [4.78, 5) is 42.9. The summed E-state index contributed by atoms with van der Waals surface area (Å²) >= 11 is 0. The van der Waals surface area contributed by atoms with Gasteiger partial charge in [0.1, 0.15) is 29.2 Å². The van der Waals surface area contributed by atoms with E-state index in [1.165, 1.54) is 32.9 Å².